The van der Waals surface area contributed by atoms with E-state index in [2.05, 4.69) is 53.9 Å². The van der Waals surface area contributed by atoms with Gasteiger partial charge in [0.2, 0.25) is 0 Å². The molecule has 0 aromatic carbocycles. The first kappa shape index (κ1) is 13.3. The van der Waals surface area contributed by atoms with Crippen LogP contribution in [0.5, 0.6) is 0 Å². The number of rotatable bonds is 4. The molecule has 100 valence electrons. The molecule has 18 heavy (non-hydrogen) atoms. The second kappa shape index (κ2) is 5.65. The molecule has 0 saturated carbocycles. The SMILES string of the molecule is CC(C)=CCNC1CCc2nc(C(C)C)nn2C1. The lowest BCUT2D eigenvalue weighted by Gasteiger charge is -2.23. The van der Waals surface area contributed by atoms with Gasteiger partial charge in [-0.3, -0.25) is 0 Å². The van der Waals surface area contributed by atoms with Crippen molar-refractivity contribution in [2.24, 2.45) is 0 Å². The molecule has 4 heteroatoms. The first-order valence-electron chi connectivity index (χ1n) is 6.86. The molecule has 0 amide bonds. The van der Waals surface area contributed by atoms with Crippen LogP contribution in [0.2, 0.25) is 0 Å². The Morgan fingerprint density at radius 2 is 2.28 bits per heavy atom. The van der Waals surface area contributed by atoms with Crippen molar-refractivity contribution in [3.63, 3.8) is 0 Å². The van der Waals surface area contributed by atoms with Gasteiger partial charge in [-0.25, -0.2) is 9.67 Å². The van der Waals surface area contributed by atoms with E-state index in [1.807, 2.05) is 0 Å². The lowest BCUT2D eigenvalue weighted by molar-refractivity contribution is 0.368. The summed E-state index contributed by atoms with van der Waals surface area (Å²) in [5.74, 6) is 2.55. The summed E-state index contributed by atoms with van der Waals surface area (Å²) in [5.41, 5.74) is 1.36. The largest absolute Gasteiger partial charge is 0.309 e. The van der Waals surface area contributed by atoms with E-state index in [9.17, 15) is 0 Å². The van der Waals surface area contributed by atoms with Crippen LogP contribution >= 0.6 is 0 Å². The van der Waals surface area contributed by atoms with Gasteiger partial charge in [0, 0.05) is 24.9 Å². The summed E-state index contributed by atoms with van der Waals surface area (Å²) in [7, 11) is 0. The Bertz CT molecular complexity index is 427. The van der Waals surface area contributed by atoms with Crippen molar-refractivity contribution in [3.05, 3.63) is 23.3 Å². The molecule has 4 nitrogen and oxygen atoms in total. The predicted molar refractivity (Wildman–Crippen MR) is 73.7 cm³/mol. The zero-order chi connectivity index (χ0) is 13.1. The Kier molecular flexibility index (Phi) is 4.17. The summed E-state index contributed by atoms with van der Waals surface area (Å²) in [6.45, 7) is 10.5. The molecular weight excluding hydrogens is 224 g/mol. The average Bonchev–Trinajstić information content (AvgIpc) is 2.71. The highest BCUT2D eigenvalue weighted by molar-refractivity contribution is 5.01. The molecule has 1 aromatic heterocycles. The molecular formula is C14H24N4. The van der Waals surface area contributed by atoms with Crippen LogP contribution in [0.15, 0.2) is 11.6 Å². The third-order valence-corrected chi connectivity index (χ3v) is 3.31. The highest BCUT2D eigenvalue weighted by atomic mass is 15.4. The predicted octanol–water partition coefficient (Wildman–Crippen LogP) is 2.27. The number of fused-ring (bicyclic) bond motifs is 1. The van der Waals surface area contributed by atoms with E-state index in [4.69, 9.17) is 0 Å². The number of hydrogen-bond acceptors (Lipinski definition) is 3. The van der Waals surface area contributed by atoms with Gasteiger partial charge in [0.25, 0.3) is 0 Å². The van der Waals surface area contributed by atoms with E-state index >= 15 is 0 Å². The van der Waals surface area contributed by atoms with Crippen molar-refractivity contribution in [2.75, 3.05) is 6.54 Å². The molecule has 2 heterocycles. The molecule has 1 aromatic rings. The highest BCUT2D eigenvalue weighted by Crippen LogP contribution is 2.16. The topological polar surface area (TPSA) is 42.7 Å². The van der Waals surface area contributed by atoms with Crippen LogP contribution in [-0.4, -0.2) is 27.4 Å². The summed E-state index contributed by atoms with van der Waals surface area (Å²) in [5, 5.41) is 8.16. The number of aromatic nitrogens is 3. The number of hydrogen-bond donors (Lipinski definition) is 1. The Balaban J connectivity index is 1.95. The van der Waals surface area contributed by atoms with Crippen molar-refractivity contribution in [1.29, 1.82) is 0 Å². The number of nitrogens with zero attached hydrogens (tertiary/aromatic N) is 3. The maximum Gasteiger partial charge on any atom is 0.153 e. The molecule has 0 aliphatic carbocycles. The van der Waals surface area contributed by atoms with Crippen LogP contribution in [0.25, 0.3) is 0 Å². The molecule has 1 N–H and O–H groups in total. The standard InChI is InChI=1S/C14H24N4/c1-10(2)7-8-15-12-5-6-13-16-14(11(3)4)17-18(13)9-12/h7,11-12,15H,5-6,8-9H2,1-4H3. The normalized spacial score (nSPS) is 18.8. The Hall–Kier alpha value is -1.16. The van der Waals surface area contributed by atoms with Crippen molar-refractivity contribution < 1.29 is 0 Å². The van der Waals surface area contributed by atoms with Crippen LogP contribution in [0.4, 0.5) is 0 Å². The monoisotopic (exact) mass is 248 g/mol. The van der Waals surface area contributed by atoms with Gasteiger partial charge in [0.05, 0.1) is 6.54 Å². The highest BCUT2D eigenvalue weighted by Gasteiger charge is 2.21. The Morgan fingerprint density at radius 1 is 1.50 bits per heavy atom. The minimum atomic E-state index is 0.417. The van der Waals surface area contributed by atoms with E-state index < -0.39 is 0 Å². The van der Waals surface area contributed by atoms with Gasteiger partial charge in [-0.05, 0) is 20.3 Å². The lowest BCUT2D eigenvalue weighted by atomic mass is 10.1. The van der Waals surface area contributed by atoms with E-state index in [0.717, 1.165) is 37.6 Å². The zero-order valence-electron chi connectivity index (χ0n) is 11.9. The molecule has 0 saturated heterocycles. The first-order valence-corrected chi connectivity index (χ1v) is 6.86. The molecule has 0 fully saturated rings. The molecule has 0 spiro atoms. The fraction of sp³-hybridized carbons (Fsp3) is 0.714. The molecule has 1 unspecified atom stereocenters. The quantitative estimate of drug-likeness (QED) is 0.831. The first-order chi connectivity index (χ1) is 8.56. The van der Waals surface area contributed by atoms with Gasteiger partial charge in [-0.15, -0.1) is 0 Å². The van der Waals surface area contributed by atoms with Crippen LogP contribution in [0.1, 0.15) is 51.7 Å². The minimum absolute atomic E-state index is 0.417. The van der Waals surface area contributed by atoms with Crippen LogP contribution in [0, 0.1) is 0 Å². The molecule has 0 radical (unpaired) electrons. The zero-order valence-corrected chi connectivity index (χ0v) is 11.9. The summed E-state index contributed by atoms with van der Waals surface area (Å²) in [4.78, 5) is 4.61. The summed E-state index contributed by atoms with van der Waals surface area (Å²) >= 11 is 0. The fourth-order valence-electron chi connectivity index (χ4n) is 2.17. The van der Waals surface area contributed by atoms with E-state index in [1.54, 1.807) is 0 Å². The van der Waals surface area contributed by atoms with E-state index in [1.165, 1.54) is 5.57 Å². The maximum absolute atomic E-state index is 4.61. The maximum atomic E-state index is 4.61. The van der Waals surface area contributed by atoms with Crippen LogP contribution in [0.3, 0.4) is 0 Å². The molecule has 0 bridgehead atoms. The van der Waals surface area contributed by atoms with Crippen molar-refractivity contribution >= 4 is 0 Å². The lowest BCUT2D eigenvalue weighted by Crippen LogP contribution is -2.37. The van der Waals surface area contributed by atoms with E-state index in [-0.39, 0.29) is 0 Å². The molecule has 1 aliphatic heterocycles. The van der Waals surface area contributed by atoms with Crippen molar-refractivity contribution in [3.8, 4) is 0 Å². The Labute approximate surface area is 109 Å². The van der Waals surface area contributed by atoms with Gasteiger partial charge in [-0.2, -0.15) is 5.10 Å². The van der Waals surface area contributed by atoms with Gasteiger partial charge in [0.15, 0.2) is 5.82 Å². The third kappa shape index (κ3) is 3.19. The molecule has 2 rings (SSSR count). The fourth-order valence-corrected chi connectivity index (χ4v) is 2.17. The smallest absolute Gasteiger partial charge is 0.153 e. The van der Waals surface area contributed by atoms with Crippen molar-refractivity contribution in [2.45, 2.75) is 59.0 Å². The van der Waals surface area contributed by atoms with Gasteiger partial charge >= 0.3 is 0 Å². The number of nitrogens with one attached hydrogen (secondary N) is 1. The minimum Gasteiger partial charge on any atom is -0.309 e. The summed E-state index contributed by atoms with van der Waals surface area (Å²) < 4.78 is 2.08. The molecule has 1 aliphatic rings. The summed E-state index contributed by atoms with van der Waals surface area (Å²) in [6, 6.07) is 0.523. The summed E-state index contributed by atoms with van der Waals surface area (Å²) in [6.07, 6.45) is 4.43. The number of allylic oxidation sites excluding steroid dienone is 1. The third-order valence-electron chi connectivity index (χ3n) is 3.31. The van der Waals surface area contributed by atoms with Gasteiger partial charge in [-0.1, -0.05) is 25.5 Å². The molecule has 1 atom stereocenters. The second-order valence-corrected chi connectivity index (χ2v) is 5.65. The van der Waals surface area contributed by atoms with Crippen LogP contribution in [-0.2, 0) is 13.0 Å². The van der Waals surface area contributed by atoms with Gasteiger partial charge < -0.3 is 5.32 Å². The van der Waals surface area contributed by atoms with E-state index in [0.29, 0.717) is 12.0 Å². The Morgan fingerprint density at radius 3 is 2.94 bits per heavy atom. The van der Waals surface area contributed by atoms with Crippen LogP contribution < -0.4 is 5.32 Å². The second-order valence-electron chi connectivity index (χ2n) is 5.65. The van der Waals surface area contributed by atoms with Crippen molar-refractivity contribution in [1.82, 2.24) is 20.1 Å². The number of aryl methyl sites for hydroxylation is 1. The average molecular weight is 248 g/mol. The van der Waals surface area contributed by atoms with Gasteiger partial charge in [0.1, 0.15) is 5.82 Å².